The van der Waals surface area contributed by atoms with Gasteiger partial charge in [-0.2, -0.15) is 0 Å². The van der Waals surface area contributed by atoms with Crippen LogP contribution in [0.5, 0.6) is 0 Å². The molecule has 2 aliphatic heterocycles. The summed E-state index contributed by atoms with van der Waals surface area (Å²) < 4.78 is 9.44. The minimum atomic E-state index is -0.305. The fraction of sp³-hybridized carbons (Fsp3) is 0.269. The van der Waals surface area contributed by atoms with Crippen LogP contribution in [0, 0.1) is 0 Å². The van der Waals surface area contributed by atoms with Gasteiger partial charge in [0.25, 0.3) is 0 Å². The van der Waals surface area contributed by atoms with Gasteiger partial charge in [0.05, 0.1) is 11.0 Å². The van der Waals surface area contributed by atoms with E-state index < -0.39 is 0 Å². The summed E-state index contributed by atoms with van der Waals surface area (Å²) in [7, 11) is 0. The van der Waals surface area contributed by atoms with Crippen molar-refractivity contribution >= 4 is 62.1 Å². The largest absolute Gasteiger partial charge is 0.436 e. The molecule has 2 aliphatic carbocycles. The minimum absolute atomic E-state index is 0.000429. The molecule has 0 saturated heterocycles. The van der Waals surface area contributed by atoms with Gasteiger partial charge >= 0.3 is 6.85 Å². The summed E-state index contributed by atoms with van der Waals surface area (Å²) in [5.41, 5.74) is 28.4. The predicted octanol–water partition coefficient (Wildman–Crippen LogP) is 16.3. The molecule has 8 aromatic carbocycles. The first-order chi connectivity index (χ1) is 34.1. The molecule has 10 aromatic rings. The molecule has 14 rings (SSSR count). The Hall–Kier alpha value is -7.11. The number of nitrogens with zero attached hydrogens (tertiary/aromatic N) is 3. The highest BCUT2D eigenvalue weighted by molar-refractivity contribution is 6.94. The Labute approximate surface area is 424 Å². The molecular formula is C67H62BN3O. The summed E-state index contributed by atoms with van der Waals surface area (Å²) in [6, 6.07) is 53.6. The maximum absolute atomic E-state index is 6.82. The predicted molar refractivity (Wildman–Crippen MR) is 304 cm³/mol. The zero-order valence-corrected chi connectivity index (χ0v) is 44.1. The lowest BCUT2D eigenvalue weighted by Crippen LogP contribution is -2.61. The number of rotatable bonds is 2. The number of benzene rings is 8. The van der Waals surface area contributed by atoms with Crippen molar-refractivity contribution in [3.63, 3.8) is 0 Å². The van der Waals surface area contributed by atoms with E-state index in [4.69, 9.17) is 9.40 Å². The summed E-state index contributed by atoms with van der Waals surface area (Å²) in [6.45, 7) is 30.6. The molecule has 0 radical (unpaired) electrons. The molecule has 0 saturated carbocycles. The minimum Gasteiger partial charge on any atom is -0.436 e. The molecule has 0 bridgehead atoms. The van der Waals surface area contributed by atoms with E-state index in [2.05, 4.69) is 233 Å². The van der Waals surface area contributed by atoms with Crippen molar-refractivity contribution in [3.8, 4) is 50.5 Å². The van der Waals surface area contributed by atoms with Crippen molar-refractivity contribution < 1.29 is 4.42 Å². The van der Waals surface area contributed by atoms with Crippen molar-refractivity contribution in [2.75, 3.05) is 4.81 Å². The molecule has 4 nitrogen and oxygen atoms in total. The second-order valence-electron chi connectivity index (χ2n) is 25.6. The van der Waals surface area contributed by atoms with Gasteiger partial charge in [-0.3, -0.25) is 0 Å². The van der Waals surface area contributed by atoms with E-state index in [1.54, 1.807) is 0 Å². The van der Waals surface area contributed by atoms with Gasteiger partial charge in [0.1, 0.15) is 5.52 Å². The second-order valence-corrected chi connectivity index (χ2v) is 25.6. The fourth-order valence-corrected chi connectivity index (χ4v) is 13.5. The Balaban J connectivity index is 1.19. The summed E-state index contributed by atoms with van der Waals surface area (Å²) in [5.74, 6) is 0.635. The van der Waals surface area contributed by atoms with E-state index in [1.807, 2.05) is 6.07 Å². The highest BCUT2D eigenvalue weighted by Gasteiger charge is 2.51. The van der Waals surface area contributed by atoms with E-state index in [9.17, 15) is 0 Å². The molecule has 2 aromatic heterocycles. The van der Waals surface area contributed by atoms with E-state index >= 15 is 0 Å². The van der Waals surface area contributed by atoms with Crippen LogP contribution in [-0.4, -0.2) is 16.4 Å². The van der Waals surface area contributed by atoms with Crippen LogP contribution < -0.4 is 15.7 Å². The van der Waals surface area contributed by atoms with Crippen LogP contribution >= 0.6 is 0 Å². The number of anilines is 2. The van der Waals surface area contributed by atoms with Crippen LogP contribution in [0.15, 0.2) is 144 Å². The van der Waals surface area contributed by atoms with Crippen molar-refractivity contribution in [3.05, 3.63) is 178 Å². The Kier molecular flexibility index (Phi) is 8.42. The molecule has 0 N–H and O–H groups in total. The van der Waals surface area contributed by atoms with Crippen molar-refractivity contribution in [2.24, 2.45) is 0 Å². The Morgan fingerprint density at radius 1 is 0.528 bits per heavy atom. The molecule has 0 amide bonds. The van der Waals surface area contributed by atoms with E-state index in [1.165, 1.54) is 116 Å². The number of hydrogen-bond acceptors (Lipinski definition) is 3. The number of oxazole rings is 1. The monoisotopic (exact) mass is 935 g/mol. The SMILES string of the molecule is CC(C)(C)c1ccc(N2B3c4cc5nc(-c6ccccc6)oc5cc4-n4c5ccc(C(C)(C)C)cc5c5c6c(c(c3c54)-c3cc4c(cc32)-c2ccc(C(C)(C)C)cc2C4(C)C)C(C)(C)c2ccccc2-6)cc1. The summed E-state index contributed by atoms with van der Waals surface area (Å²) >= 11 is 0. The average Bonchev–Trinajstić information content (AvgIpc) is 4.04. The van der Waals surface area contributed by atoms with Gasteiger partial charge in [-0.25, -0.2) is 4.98 Å². The fourth-order valence-electron chi connectivity index (χ4n) is 13.5. The van der Waals surface area contributed by atoms with E-state index in [0.717, 1.165) is 22.4 Å². The van der Waals surface area contributed by atoms with Crippen LogP contribution in [0.25, 0.3) is 83.4 Å². The standard InChI is InChI=1S/C67H62BN3O/c1-63(2,3)38-23-27-41(28-24-38)71-53-34-44-42-29-25-40(65(7,8)9)32-48(42)66(10,11)49(44)33-46(53)58-59-56(43-21-17-18-22-47(43)67(59,12)13)57-45-31-39(64(4,5)6)26-30-52(45)70-54-36-55-51(35-50(54)68(71)60(58)61(57)70)69-62(72-55)37-19-15-14-16-20-37/h14-36H,1-13H3. The molecule has 0 unspecified atom stereocenters. The van der Waals surface area contributed by atoms with Crippen LogP contribution in [0.2, 0.25) is 0 Å². The van der Waals surface area contributed by atoms with E-state index in [-0.39, 0.29) is 33.9 Å². The first-order valence-corrected chi connectivity index (χ1v) is 26.2. The molecular weight excluding hydrogens is 874 g/mol. The molecule has 0 atom stereocenters. The number of fused-ring (bicyclic) bond motifs is 17. The van der Waals surface area contributed by atoms with Gasteiger partial charge in [-0.1, -0.05) is 169 Å². The molecule has 0 fully saturated rings. The molecule has 72 heavy (non-hydrogen) atoms. The molecule has 354 valence electrons. The van der Waals surface area contributed by atoms with E-state index in [0.29, 0.717) is 5.89 Å². The van der Waals surface area contributed by atoms with Gasteiger partial charge in [0, 0.05) is 55.9 Å². The molecule has 4 heterocycles. The third kappa shape index (κ3) is 5.68. The van der Waals surface area contributed by atoms with Crippen LogP contribution in [0.4, 0.5) is 11.4 Å². The van der Waals surface area contributed by atoms with Gasteiger partial charge in [-0.15, -0.1) is 0 Å². The third-order valence-corrected chi connectivity index (χ3v) is 17.4. The summed E-state index contributed by atoms with van der Waals surface area (Å²) in [4.78, 5) is 8.01. The lowest BCUT2D eigenvalue weighted by Gasteiger charge is -2.44. The maximum Gasteiger partial charge on any atom is 0.333 e. The first kappa shape index (κ1) is 43.7. The highest BCUT2D eigenvalue weighted by Crippen LogP contribution is 2.61. The van der Waals surface area contributed by atoms with Crippen molar-refractivity contribution in [1.29, 1.82) is 0 Å². The van der Waals surface area contributed by atoms with Gasteiger partial charge < -0.3 is 13.8 Å². The molecule has 0 spiro atoms. The average molecular weight is 936 g/mol. The lowest BCUT2D eigenvalue weighted by molar-refractivity contribution is 0.584. The van der Waals surface area contributed by atoms with Crippen LogP contribution in [-0.2, 0) is 27.1 Å². The third-order valence-electron chi connectivity index (χ3n) is 17.4. The van der Waals surface area contributed by atoms with Crippen molar-refractivity contribution in [1.82, 2.24) is 9.55 Å². The lowest BCUT2D eigenvalue weighted by atomic mass is 9.43. The zero-order chi connectivity index (χ0) is 49.9. The molecule has 5 heteroatoms. The Morgan fingerprint density at radius 2 is 1.18 bits per heavy atom. The Morgan fingerprint density at radius 3 is 1.90 bits per heavy atom. The van der Waals surface area contributed by atoms with Crippen LogP contribution in [0.1, 0.15) is 129 Å². The van der Waals surface area contributed by atoms with Crippen molar-refractivity contribution in [2.45, 2.75) is 117 Å². The highest BCUT2D eigenvalue weighted by atomic mass is 16.3. The topological polar surface area (TPSA) is 34.2 Å². The second kappa shape index (κ2) is 13.9. The zero-order valence-electron chi connectivity index (χ0n) is 44.1. The summed E-state index contributed by atoms with van der Waals surface area (Å²) in [6.07, 6.45) is 0. The number of aromatic nitrogens is 2. The van der Waals surface area contributed by atoms with Crippen LogP contribution in [0.3, 0.4) is 0 Å². The Bertz CT molecular complexity index is 4030. The smallest absolute Gasteiger partial charge is 0.333 e. The maximum atomic E-state index is 6.82. The van der Waals surface area contributed by atoms with Gasteiger partial charge in [0.2, 0.25) is 5.89 Å². The van der Waals surface area contributed by atoms with Gasteiger partial charge in [-0.05, 0) is 149 Å². The normalized spacial score (nSPS) is 15.7. The number of hydrogen-bond donors (Lipinski definition) is 0. The quantitative estimate of drug-likeness (QED) is 0.162. The van der Waals surface area contributed by atoms with Gasteiger partial charge in [0.15, 0.2) is 5.58 Å². The summed E-state index contributed by atoms with van der Waals surface area (Å²) in [5, 5.41) is 2.64. The molecule has 4 aliphatic rings. The first-order valence-electron chi connectivity index (χ1n) is 26.2.